The van der Waals surface area contributed by atoms with E-state index in [9.17, 15) is 0 Å². The third-order valence-corrected chi connectivity index (χ3v) is 3.84. The van der Waals surface area contributed by atoms with Crippen molar-refractivity contribution in [3.8, 4) is 0 Å². The lowest BCUT2D eigenvalue weighted by Crippen LogP contribution is -2.41. The van der Waals surface area contributed by atoms with Crippen molar-refractivity contribution in [1.82, 2.24) is 10.2 Å². The molecule has 2 fully saturated rings. The summed E-state index contributed by atoms with van der Waals surface area (Å²) >= 11 is 0. The Morgan fingerprint density at radius 3 is 2.87 bits per heavy atom. The number of hydrogen-bond donors (Lipinski definition) is 1. The summed E-state index contributed by atoms with van der Waals surface area (Å²) in [5.41, 5.74) is 0. The molecule has 0 aromatic carbocycles. The minimum absolute atomic E-state index is 0.729. The molecule has 0 bridgehead atoms. The lowest BCUT2D eigenvalue weighted by Gasteiger charge is -2.32. The Morgan fingerprint density at radius 2 is 2.27 bits per heavy atom. The van der Waals surface area contributed by atoms with Gasteiger partial charge in [-0.15, -0.1) is 0 Å². The molecule has 15 heavy (non-hydrogen) atoms. The molecule has 0 aromatic heterocycles. The minimum atomic E-state index is 0.729. The first-order chi connectivity index (χ1) is 7.27. The van der Waals surface area contributed by atoms with Crippen molar-refractivity contribution in [3.63, 3.8) is 0 Å². The van der Waals surface area contributed by atoms with Crippen LogP contribution in [-0.2, 0) is 4.74 Å². The number of nitrogens with one attached hydrogen (secondary N) is 1. The van der Waals surface area contributed by atoms with Crippen LogP contribution in [0.15, 0.2) is 0 Å². The van der Waals surface area contributed by atoms with E-state index in [4.69, 9.17) is 4.74 Å². The highest BCUT2D eigenvalue weighted by atomic mass is 16.5. The van der Waals surface area contributed by atoms with Gasteiger partial charge in [0.2, 0.25) is 0 Å². The van der Waals surface area contributed by atoms with Crippen LogP contribution in [-0.4, -0.2) is 50.8 Å². The summed E-state index contributed by atoms with van der Waals surface area (Å²) in [6, 6.07) is 0.729. The number of rotatable bonds is 3. The maximum absolute atomic E-state index is 5.53. The Balaban J connectivity index is 1.77. The SMILES string of the molecule is CC1CNCC1N(C)CC1CCCOC1. The zero-order chi connectivity index (χ0) is 10.7. The van der Waals surface area contributed by atoms with Gasteiger partial charge in [-0.3, -0.25) is 0 Å². The van der Waals surface area contributed by atoms with E-state index in [1.54, 1.807) is 0 Å². The summed E-state index contributed by atoms with van der Waals surface area (Å²) in [6.45, 7) is 7.83. The third-order valence-electron chi connectivity index (χ3n) is 3.84. The second-order valence-electron chi connectivity index (χ2n) is 5.23. The Hall–Kier alpha value is -0.120. The molecule has 0 aromatic rings. The van der Waals surface area contributed by atoms with Crippen LogP contribution in [0.25, 0.3) is 0 Å². The highest BCUT2D eigenvalue weighted by molar-refractivity contribution is 4.85. The van der Waals surface area contributed by atoms with Crippen LogP contribution in [0.1, 0.15) is 19.8 Å². The summed E-state index contributed by atoms with van der Waals surface area (Å²) in [5, 5.41) is 3.47. The molecule has 0 spiro atoms. The second kappa shape index (κ2) is 5.28. The zero-order valence-electron chi connectivity index (χ0n) is 10.0. The van der Waals surface area contributed by atoms with E-state index in [1.807, 2.05) is 0 Å². The topological polar surface area (TPSA) is 24.5 Å². The highest BCUT2D eigenvalue weighted by Crippen LogP contribution is 2.19. The van der Waals surface area contributed by atoms with E-state index in [2.05, 4.69) is 24.2 Å². The van der Waals surface area contributed by atoms with Crippen LogP contribution in [0.4, 0.5) is 0 Å². The van der Waals surface area contributed by atoms with E-state index in [1.165, 1.54) is 25.9 Å². The van der Waals surface area contributed by atoms with Gasteiger partial charge in [0.15, 0.2) is 0 Å². The molecule has 3 heteroatoms. The van der Waals surface area contributed by atoms with Crippen LogP contribution in [0.5, 0.6) is 0 Å². The summed E-state index contributed by atoms with van der Waals surface area (Å²) in [4.78, 5) is 2.53. The van der Waals surface area contributed by atoms with Gasteiger partial charge in [0, 0.05) is 25.7 Å². The average Bonchev–Trinajstić information content (AvgIpc) is 2.66. The molecule has 1 N–H and O–H groups in total. The molecule has 3 atom stereocenters. The summed E-state index contributed by atoms with van der Waals surface area (Å²) in [7, 11) is 2.27. The van der Waals surface area contributed by atoms with Crippen LogP contribution < -0.4 is 5.32 Å². The van der Waals surface area contributed by atoms with Crippen LogP contribution in [0.2, 0.25) is 0 Å². The van der Waals surface area contributed by atoms with Crippen molar-refractivity contribution in [2.45, 2.75) is 25.8 Å². The highest BCUT2D eigenvalue weighted by Gasteiger charge is 2.28. The zero-order valence-corrected chi connectivity index (χ0v) is 10.0. The van der Waals surface area contributed by atoms with Gasteiger partial charge in [0.1, 0.15) is 0 Å². The van der Waals surface area contributed by atoms with Crippen LogP contribution >= 0.6 is 0 Å². The molecule has 0 saturated carbocycles. The maximum atomic E-state index is 5.53. The van der Waals surface area contributed by atoms with Crippen molar-refractivity contribution < 1.29 is 4.74 Å². The molecule has 2 aliphatic rings. The largest absolute Gasteiger partial charge is 0.381 e. The van der Waals surface area contributed by atoms with E-state index in [-0.39, 0.29) is 0 Å². The third kappa shape index (κ3) is 2.92. The fourth-order valence-electron chi connectivity index (χ4n) is 2.88. The Kier molecular flexibility index (Phi) is 4.00. The van der Waals surface area contributed by atoms with Gasteiger partial charge in [0.05, 0.1) is 6.61 Å². The van der Waals surface area contributed by atoms with Gasteiger partial charge in [-0.2, -0.15) is 0 Å². The standard InChI is InChI=1S/C12H24N2O/c1-10-6-13-7-12(10)14(2)8-11-4-3-5-15-9-11/h10-13H,3-9H2,1-2H3. The lowest BCUT2D eigenvalue weighted by molar-refractivity contribution is 0.0349. The first kappa shape index (κ1) is 11.4. The van der Waals surface area contributed by atoms with E-state index < -0.39 is 0 Å². The number of likely N-dealkylation sites (N-methyl/N-ethyl adjacent to an activating group) is 1. The predicted molar refractivity (Wildman–Crippen MR) is 62.0 cm³/mol. The molecule has 3 nitrogen and oxygen atoms in total. The first-order valence-corrected chi connectivity index (χ1v) is 6.26. The van der Waals surface area contributed by atoms with Gasteiger partial charge in [0.25, 0.3) is 0 Å². The molecule has 0 amide bonds. The van der Waals surface area contributed by atoms with Crippen LogP contribution in [0.3, 0.4) is 0 Å². The van der Waals surface area contributed by atoms with Crippen LogP contribution in [0, 0.1) is 11.8 Å². The number of nitrogens with zero attached hydrogens (tertiary/aromatic N) is 1. The van der Waals surface area contributed by atoms with Crippen molar-refractivity contribution >= 4 is 0 Å². The van der Waals surface area contributed by atoms with Gasteiger partial charge in [-0.1, -0.05) is 6.92 Å². The molecule has 88 valence electrons. The van der Waals surface area contributed by atoms with E-state index in [0.717, 1.165) is 37.6 Å². The second-order valence-corrected chi connectivity index (χ2v) is 5.23. The Morgan fingerprint density at radius 1 is 1.40 bits per heavy atom. The first-order valence-electron chi connectivity index (χ1n) is 6.26. The van der Waals surface area contributed by atoms with Crippen molar-refractivity contribution in [2.75, 3.05) is 39.9 Å². The average molecular weight is 212 g/mol. The molecule has 2 saturated heterocycles. The maximum Gasteiger partial charge on any atom is 0.0506 e. The molecule has 0 aliphatic carbocycles. The van der Waals surface area contributed by atoms with Gasteiger partial charge in [-0.25, -0.2) is 0 Å². The molecular weight excluding hydrogens is 188 g/mol. The quantitative estimate of drug-likeness (QED) is 0.754. The minimum Gasteiger partial charge on any atom is -0.381 e. The smallest absolute Gasteiger partial charge is 0.0506 e. The number of hydrogen-bond acceptors (Lipinski definition) is 3. The molecular formula is C12H24N2O. The molecule has 3 unspecified atom stereocenters. The normalized spacial score (nSPS) is 37.4. The molecule has 2 aliphatic heterocycles. The van der Waals surface area contributed by atoms with E-state index >= 15 is 0 Å². The Bertz CT molecular complexity index is 192. The summed E-state index contributed by atoms with van der Waals surface area (Å²) < 4.78 is 5.53. The van der Waals surface area contributed by atoms with Crippen molar-refractivity contribution in [1.29, 1.82) is 0 Å². The Labute approximate surface area is 93.2 Å². The monoisotopic (exact) mass is 212 g/mol. The predicted octanol–water partition coefficient (Wildman–Crippen LogP) is 0.953. The fraction of sp³-hybridized carbons (Fsp3) is 1.00. The lowest BCUT2D eigenvalue weighted by atomic mass is 9.99. The molecule has 2 heterocycles. The summed E-state index contributed by atoms with van der Waals surface area (Å²) in [6.07, 6.45) is 2.59. The summed E-state index contributed by atoms with van der Waals surface area (Å²) in [5.74, 6) is 1.55. The van der Waals surface area contributed by atoms with Crippen molar-refractivity contribution in [3.05, 3.63) is 0 Å². The molecule has 2 rings (SSSR count). The van der Waals surface area contributed by atoms with Crippen molar-refractivity contribution in [2.24, 2.45) is 11.8 Å². The van der Waals surface area contributed by atoms with E-state index in [0.29, 0.717) is 0 Å². The van der Waals surface area contributed by atoms with Gasteiger partial charge < -0.3 is 15.0 Å². The fourth-order valence-corrected chi connectivity index (χ4v) is 2.88. The van der Waals surface area contributed by atoms with Gasteiger partial charge >= 0.3 is 0 Å². The van der Waals surface area contributed by atoms with Gasteiger partial charge in [-0.05, 0) is 38.3 Å². The molecule has 0 radical (unpaired) electrons. The number of ether oxygens (including phenoxy) is 1.